The van der Waals surface area contributed by atoms with Crippen molar-refractivity contribution in [2.24, 2.45) is 5.73 Å². The van der Waals surface area contributed by atoms with Crippen molar-refractivity contribution in [1.29, 1.82) is 0 Å². The number of ether oxygens (including phenoxy) is 1. The minimum atomic E-state index is 0.299. The molecule has 0 radical (unpaired) electrons. The van der Waals surface area contributed by atoms with Crippen molar-refractivity contribution in [3.8, 4) is 0 Å². The van der Waals surface area contributed by atoms with Gasteiger partial charge in [-0.05, 0) is 19.9 Å². The molecule has 88 valence electrons. The molecule has 2 rings (SSSR count). The van der Waals surface area contributed by atoms with Crippen LogP contribution >= 0.6 is 0 Å². The minimum Gasteiger partial charge on any atom is -0.379 e. The maximum Gasteiger partial charge on any atom is 0.0594 e. The fourth-order valence-corrected chi connectivity index (χ4v) is 2.63. The van der Waals surface area contributed by atoms with Crippen molar-refractivity contribution in [2.45, 2.75) is 25.4 Å². The number of morpholine rings is 1. The molecule has 2 atom stereocenters. The molecule has 0 aromatic heterocycles. The molecule has 0 aromatic rings. The predicted octanol–water partition coefficient (Wildman–Crippen LogP) is -0.260. The first-order valence-corrected chi connectivity index (χ1v) is 6.05. The van der Waals surface area contributed by atoms with E-state index in [1.165, 1.54) is 19.5 Å². The van der Waals surface area contributed by atoms with E-state index >= 15 is 0 Å². The molecule has 0 amide bonds. The lowest BCUT2D eigenvalue weighted by Gasteiger charge is -2.32. The zero-order valence-corrected chi connectivity index (χ0v) is 9.69. The van der Waals surface area contributed by atoms with E-state index < -0.39 is 0 Å². The van der Waals surface area contributed by atoms with Crippen LogP contribution in [-0.2, 0) is 4.74 Å². The Kier molecular flexibility index (Phi) is 3.97. The summed E-state index contributed by atoms with van der Waals surface area (Å²) in [6.07, 6.45) is 1.30. The van der Waals surface area contributed by atoms with Crippen LogP contribution in [0.2, 0.25) is 0 Å². The highest BCUT2D eigenvalue weighted by Gasteiger charge is 2.28. The summed E-state index contributed by atoms with van der Waals surface area (Å²) in [4.78, 5) is 5.06. The fraction of sp³-hybridized carbons (Fsp3) is 1.00. The SMILES string of the molecule is C[C@@H](N)CN1CCC(N2CCOCC2)C1. The number of hydrogen-bond donors (Lipinski definition) is 1. The lowest BCUT2D eigenvalue weighted by molar-refractivity contribution is 0.0184. The molecule has 2 heterocycles. The van der Waals surface area contributed by atoms with Gasteiger partial charge in [-0.15, -0.1) is 0 Å². The van der Waals surface area contributed by atoms with Gasteiger partial charge in [0.05, 0.1) is 13.2 Å². The van der Waals surface area contributed by atoms with Crippen molar-refractivity contribution < 1.29 is 4.74 Å². The van der Waals surface area contributed by atoms with Gasteiger partial charge in [-0.1, -0.05) is 0 Å². The molecule has 2 saturated heterocycles. The summed E-state index contributed by atoms with van der Waals surface area (Å²) >= 11 is 0. The summed E-state index contributed by atoms with van der Waals surface area (Å²) in [5.41, 5.74) is 5.82. The quantitative estimate of drug-likeness (QED) is 0.701. The molecule has 2 N–H and O–H groups in total. The molecule has 0 spiro atoms. The monoisotopic (exact) mass is 213 g/mol. The van der Waals surface area contributed by atoms with Gasteiger partial charge in [0.2, 0.25) is 0 Å². The molecule has 4 heteroatoms. The van der Waals surface area contributed by atoms with E-state index in [1.54, 1.807) is 0 Å². The average molecular weight is 213 g/mol. The Morgan fingerprint density at radius 3 is 2.73 bits per heavy atom. The van der Waals surface area contributed by atoms with Crippen LogP contribution in [0.4, 0.5) is 0 Å². The molecule has 0 aromatic carbocycles. The Bertz CT molecular complexity index is 192. The first-order chi connectivity index (χ1) is 7.25. The minimum absolute atomic E-state index is 0.299. The second-order valence-electron chi connectivity index (χ2n) is 4.83. The average Bonchev–Trinajstić information content (AvgIpc) is 2.67. The Hall–Kier alpha value is -0.160. The lowest BCUT2D eigenvalue weighted by atomic mass is 10.2. The second-order valence-corrected chi connectivity index (χ2v) is 4.83. The van der Waals surface area contributed by atoms with Gasteiger partial charge in [-0.3, -0.25) is 4.90 Å². The van der Waals surface area contributed by atoms with Gasteiger partial charge >= 0.3 is 0 Å². The van der Waals surface area contributed by atoms with Gasteiger partial charge in [0.1, 0.15) is 0 Å². The van der Waals surface area contributed by atoms with Gasteiger partial charge in [0.25, 0.3) is 0 Å². The Balaban J connectivity index is 1.76. The van der Waals surface area contributed by atoms with Crippen LogP contribution in [0, 0.1) is 0 Å². The predicted molar refractivity (Wildman–Crippen MR) is 60.9 cm³/mol. The van der Waals surface area contributed by atoms with Gasteiger partial charge < -0.3 is 15.4 Å². The smallest absolute Gasteiger partial charge is 0.0594 e. The molecule has 0 bridgehead atoms. The van der Waals surface area contributed by atoms with Crippen LogP contribution in [-0.4, -0.2) is 67.8 Å². The van der Waals surface area contributed by atoms with Gasteiger partial charge in [0.15, 0.2) is 0 Å². The van der Waals surface area contributed by atoms with Crippen molar-refractivity contribution in [3.05, 3.63) is 0 Å². The summed E-state index contributed by atoms with van der Waals surface area (Å²) in [6.45, 7) is 9.56. The molecule has 2 fully saturated rings. The first-order valence-electron chi connectivity index (χ1n) is 6.05. The maximum atomic E-state index is 5.82. The van der Waals surface area contributed by atoms with E-state index in [-0.39, 0.29) is 0 Å². The number of nitrogens with zero attached hydrogens (tertiary/aromatic N) is 2. The third-order valence-electron chi connectivity index (χ3n) is 3.36. The maximum absolute atomic E-state index is 5.82. The highest BCUT2D eigenvalue weighted by Crippen LogP contribution is 2.16. The highest BCUT2D eigenvalue weighted by atomic mass is 16.5. The number of rotatable bonds is 3. The summed E-state index contributed by atoms with van der Waals surface area (Å²) in [7, 11) is 0. The van der Waals surface area contributed by atoms with E-state index in [1.807, 2.05) is 0 Å². The highest BCUT2D eigenvalue weighted by molar-refractivity contribution is 4.85. The number of hydrogen-bond acceptors (Lipinski definition) is 4. The molecular weight excluding hydrogens is 190 g/mol. The molecule has 1 unspecified atom stereocenters. The molecule has 0 saturated carbocycles. The Labute approximate surface area is 92.4 Å². The normalized spacial score (nSPS) is 32.0. The van der Waals surface area contributed by atoms with E-state index in [0.29, 0.717) is 6.04 Å². The zero-order chi connectivity index (χ0) is 10.7. The third kappa shape index (κ3) is 3.14. The summed E-state index contributed by atoms with van der Waals surface area (Å²) in [6, 6.07) is 1.04. The molecule has 2 aliphatic rings. The third-order valence-corrected chi connectivity index (χ3v) is 3.36. The topological polar surface area (TPSA) is 41.7 Å². The van der Waals surface area contributed by atoms with Crippen LogP contribution in [0.25, 0.3) is 0 Å². The van der Waals surface area contributed by atoms with E-state index in [4.69, 9.17) is 10.5 Å². The lowest BCUT2D eigenvalue weighted by Crippen LogP contribution is -2.45. The van der Waals surface area contributed by atoms with Crippen LogP contribution in [0.3, 0.4) is 0 Å². The van der Waals surface area contributed by atoms with Crippen LogP contribution in [0.1, 0.15) is 13.3 Å². The zero-order valence-electron chi connectivity index (χ0n) is 9.69. The van der Waals surface area contributed by atoms with Gasteiger partial charge in [0, 0.05) is 38.3 Å². The van der Waals surface area contributed by atoms with E-state index in [9.17, 15) is 0 Å². The summed E-state index contributed by atoms with van der Waals surface area (Å²) in [5, 5.41) is 0. The summed E-state index contributed by atoms with van der Waals surface area (Å²) in [5.74, 6) is 0. The largest absolute Gasteiger partial charge is 0.379 e. The van der Waals surface area contributed by atoms with Gasteiger partial charge in [-0.25, -0.2) is 0 Å². The Morgan fingerprint density at radius 1 is 1.33 bits per heavy atom. The van der Waals surface area contributed by atoms with Crippen LogP contribution in [0.15, 0.2) is 0 Å². The fourth-order valence-electron chi connectivity index (χ4n) is 2.63. The van der Waals surface area contributed by atoms with Crippen molar-refractivity contribution >= 4 is 0 Å². The number of likely N-dealkylation sites (tertiary alicyclic amines) is 1. The van der Waals surface area contributed by atoms with Gasteiger partial charge in [-0.2, -0.15) is 0 Å². The van der Waals surface area contributed by atoms with Crippen molar-refractivity contribution in [1.82, 2.24) is 9.80 Å². The Morgan fingerprint density at radius 2 is 2.07 bits per heavy atom. The van der Waals surface area contributed by atoms with Crippen LogP contribution < -0.4 is 5.73 Å². The first kappa shape index (κ1) is 11.3. The van der Waals surface area contributed by atoms with Crippen LogP contribution in [0.5, 0.6) is 0 Å². The molecule has 2 aliphatic heterocycles. The summed E-state index contributed by atoms with van der Waals surface area (Å²) < 4.78 is 5.38. The van der Waals surface area contributed by atoms with Crippen molar-refractivity contribution in [3.63, 3.8) is 0 Å². The molecule has 15 heavy (non-hydrogen) atoms. The van der Waals surface area contributed by atoms with E-state index in [0.717, 1.165) is 38.9 Å². The molecular formula is C11H23N3O. The standard InChI is InChI=1S/C11H23N3O/c1-10(12)8-13-3-2-11(9-13)14-4-6-15-7-5-14/h10-11H,2-9,12H2,1H3/t10-,11?/m1/s1. The number of nitrogens with two attached hydrogens (primary N) is 1. The molecule has 0 aliphatic carbocycles. The second kappa shape index (κ2) is 5.25. The van der Waals surface area contributed by atoms with Crippen molar-refractivity contribution in [2.75, 3.05) is 45.9 Å². The molecule has 4 nitrogen and oxygen atoms in total. The van der Waals surface area contributed by atoms with E-state index in [2.05, 4.69) is 16.7 Å².